The molecule has 0 aliphatic heterocycles. The number of carbonyl (C=O) groups excluding carboxylic acids is 1. The molecule has 0 saturated heterocycles. The molecule has 12 heteroatoms. The Morgan fingerprint density at radius 3 is 2.02 bits per heavy atom. The first-order valence-corrected chi connectivity index (χ1v) is 18.6. The first-order valence-electron chi connectivity index (χ1n) is 13.8. The maximum atomic E-state index is 13.6. The lowest BCUT2D eigenvalue weighted by Gasteiger charge is -2.26. The zero-order valence-electron chi connectivity index (χ0n) is 24.4. The molecule has 1 atom stereocenters. The minimum absolute atomic E-state index is 0.00773. The Morgan fingerprint density at radius 1 is 0.907 bits per heavy atom. The van der Waals surface area contributed by atoms with Crippen LogP contribution in [-0.2, 0) is 19.9 Å². The second-order valence-electron chi connectivity index (χ2n) is 10.5. The van der Waals surface area contributed by atoms with Gasteiger partial charge in [0.2, 0.25) is 0 Å². The lowest BCUT2D eigenvalue weighted by Crippen LogP contribution is -2.37. The van der Waals surface area contributed by atoms with Crippen LogP contribution in [0, 0.1) is 6.92 Å². The number of sulfone groups is 1. The molecule has 0 spiro atoms. The van der Waals surface area contributed by atoms with E-state index in [1.54, 1.807) is 29.2 Å². The summed E-state index contributed by atoms with van der Waals surface area (Å²) in [7, 11) is -6.31. The molecule has 0 fully saturated rings. The number of anilines is 2. The lowest BCUT2D eigenvalue weighted by atomic mass is 9.88. The topological polar surface area (TPSA) is 130 Å². The zero-order valence-corrected chi connectivity index (χ0v) is 26.8. The van der Waals surface area contributed by atoms with Crippen molar-refractivity contribution in [1.29, 1.82) is 0 Å². The Hall–Kier alpha value is -3.74. The van der Waals surface area contributed by atoms with Crippen LogP contribution in [0.2, 0.25) is 0 Å². The van der Waals surface area contributed by atoms with Gasteiger partial charge in [-0.3, -0.25) is 5.32 Å². The fraction of sp³-hybridized carbons (Fsp3) is 0.290. The standard InChI is InChI=1S/C31H36N4O5S3/c1-23-29(26-15-17-27(18-16-26)34-43(3,39)40)32-30(41-23)33-31(36)35(20-10-22-42(2,37)38)21-19-28(24-11-6-4-7-12-24)25-13-8-5-9-14-25/h4-9,11-18,28H,10,19-22H2,1-3H3,(H,32,33,36)(H,34,39,40)/p+1. The normalized spacial score (nSPS) is 12.9. The minimum Gasteiger partial charge on any atom is -0.324 e. The third-order valence-corrected chi connectivity index (χ3v) is 9.33. The van der Waals surface area contributed by atoms with Crippen LogP contribution in [0.3, 0.4) is 0 Å². The molecule has 0 aliphatic rings. The van der Waals surface area contributed by atoms with Crippen LogP contribution < -0.4 is 10.0 Å². The number of aryl methyl sites for hydroxylation is 1. The Bertz CT molecular complexity index is 1690. The number of carbonyl (C=O) groups is 1. The number of rotatable bonds is 13. The van der Waals surface area contributed by atoms with Gasteiger partial charge in [-0.2, -0.15) is 4.21 Å². The van der Waals surface area contributed by atoms with Crippen LogP contribution in [0.1, 0.15) is 34.8 Å². The monoisotopic (exact) mass is 641 g/mol. The predicted octanol–water partition coefficient (Wildman–Crippen LogP) is 6.14. The van der Waals surface area contributed by atoms with Gasteiger partial charge in [-0.05, 0) is 43.0 Å². The molecule has 43 heavy (non-hydrogen) atoms. The van der Waals surface area contributed by atoms with E-state index >= 15 is 0 Å². The van der Waals surface area contributed by atoms with Crippen LogP contribution in [0.5, 0.6) is 0 Å². The van der Waals surface area contributed by atoms with Gasteiger partial charge in [-0.1, -0.05) is 72.8 Å². The molecule has 1 aromatic heterocycles. The van der Waals surface area contributed by atoms with Gasteiger partial charge in [0.15, 0.2) is 5.13 Å². The number of nitrogens with one attached hydrogen (secondary N) is 2. The van der Waals surface area contributed by atoms with Gasteiger partial charge < -0.3 is 4.90 Å². The zero-order chi connectivity index (χ0) is 31.0. The van der Waals surface area contributed by atoms with E-state index in [0.717, 1.165) is 21.6 Å². The van der Waals surface area contributed by atoms with Crippen LogP contribution in [-0.4, -0.2) is 64.1 Å². The van der Waals surface area contributed by atoms with Crippen LogP contribution in [0.25, 0.3) is 11.3 Å². The van der Waals surface area contributed by atoms with Crippen molar-refractivity contribution in [2.45, 2.75) is 25.7 Å². The van der Waals surface area contributed by atoms with E-state index in [4.69, 9.17) is 0 Å². The van der Waals surface area contributed by atoms with Crippen molar-refractivity contribution in [3.8, 4) is 11.3 Å². The van der Waals surface area contributed by atoms with Gasteiger partial charge in [0.25, 0.3) is 0 Å². The maximum Gasteiger partial charge on any atom is 0.363 e. The van der Waals surface area contributed by atoms with Gasteiger partial charge in [0, 0.05) is 35.7 Å². The number of hydrogen-bond acceptors (Lipinski definition) is 6. The summed E-state index contributed by atoms with van der Waals surface area (Å²) in [6.45, 7) is 2.61. The first kappa shape index (κ1) is 32.2. The molecule has 1 heterocycles. The Balaban J connectivity index is 1.51. The van der Waals surface area contributed by atoms with Gasteiger partial charge >= 0.3 is 16.1 Å². The molecule has 0 aliphatic carbocycles. The molecule has 0 radical (unpaired) electrons. The van der Waals surface area contributed by atoms with E-state index in [2.05, 4.69) is 39.3 Å². The Morgan fingerprint density at radius 2 is 1.49 bits per heavy atom. The quantitative estimate of drug-likeness (QED) is 0.170. The summed E-state index contributed by atoms with van der Waals surface area (Å²) in [5.41, 5.74) is 4.30. The minimum atomic E-state index is -3.17. The number of benzene rings is 3. The largest absolute Gasteiger partial charge is 0.363 e. The molecule has 2 amide bonds. The summed E-state index contributed by atoms with van der Waals surface area (Å²) in [5.74, 6) is 0.0531. The van der Waals surface area contributed by atoms with Gasteiger partial charge in [0.1, 0.15) is 16.1 Å². The van der Waals surface area contributed by atoms with Crippen molar-refractivity contribution in [3.63, 3.8) is 0 Å². The smallest absolute Gasteiger partial charge is 0.324 e. The van der Waals surface area contributed by atoms with Crippen molar-refractivity contribution in [3.05, 3.63) is 101 Å². The predicted molar refractivity (Wildman–Crippen MR) is 176 cm³/mol. The van der Waals surface area contributed by atoms with E-state index < -0.39 is 19.9 Å². The number of urea groups is 1. The molecule has 3 aromatic carbocycles. The van der Waals surface area contributed by atoms with E-state index in [9.17, 15) is 21.6 Å². The highest BCUT2D eigenvalue weighted by molar-refractivity contribution is 7.92. The molecule has 9 nitrogen and oxygen atoms in total. The summed E-state index contributed by atoms with van der Waals surface area (Å²) in [6.07, 6.45) is 3.38. The molecule has 1 unspecified atom stereocenters. The van der Waals surface area contributed by atoms with Crippen molar-refractivity contribution < 1.29 is 21.6 Å². The second-order valence-corrected chi connectivity index (χ2v) is 15.7. The van der Waals surface area contributed by atoms with E-state index in [0.29, 0.717) is 35.9 Å². The maximum absolute atomic E-state index is 13.6. The summed E-state index contributed by atoms with van der Waals surface area (Å²) >= 11 is 1.35. The molecule has 4 aromatic rings. The van der Waals surface area contributed by atoms with Gasteiger partial charge in [-0.15, -0.1) is 11.3 Å². The SMILES string of the molecule is Cc1sc(NC(=O)N(CCCS(C)(=O)=O)CCC(c2ccccc2)c2ccccc2)nc1-c1ccc(NS(C)(=O)=[OH+])cc1. The Kier molecular flexibility index (Phi) is 10.6. The number of aromatic nitrogens is 1. The molecule has 228 valence electrons. The van der Waals surface area contributed by atoms with Crippen molar-refractivity contribution in [2.75, 3.05) is 41.4 Å². The van der Waals surface area contributed by atoms with Crippen molar-refractivity contribution >= 4 is 48.0 Å². The molecule has 0 bridgehead atoms. The molecule has 4 rings (SSSR count). The lowest BCUT2D eigenvalue weighted by molar-refractivity contribution is 0.210. The summed E-state index contributed by atoms with van der Waals surface area (Å²) in [4.78, 5) is 20.8. The molecular weight excluding hydrogens is 605 g/mol. The molecule has 3 N–H and O–H groups in total. The Labute approximate surface area is 258 Å². The van der Waals surface area contributed by atoms with E-state index in [1.165, 1.54) is 23.8 Å². The number of hydrogen-bond donors (Lipinski definition) is 2. The van der Waals surface area contributed by atoms with Crippen molar-refractivity contribution in [2.24, 2.45) is 0 Å². The fourth-order valence-corrected chi connectivity index (χ4v) is 6.87. The summed E-state index contributed by atoms with van der Waals surface area (Å²) < 4.78 is 47.4. The average Bonchev–Trinajstić information content (AvgIpc) is 3.31. The third-order valence-electron chi connectivity index (χ3n) is 6.80. The number of thiazole rings is 1. The highest BCUT2D eigenvalue weighted by Crippen LogP contribution is 2.32. The van der Waals surface area contributed by atoms with Crippen LogP contribution in [0.15, 0.2) is 84.9 Å². The summed E-state index contributed by atoms with van der Waals surface area (Å²) in [6, 6.07) is 26.9. The van der Waals surface area contributed by atoms with Crippen molar-refractivity contribution in [1.82, 2.24) is 9.88 Å². The number of amides is 2. The number of nitrogens with zero attached hydrogens (tertiary/aromatic N) is 2. The second kappa shape index (κ2) is 14.2. The first-order chi connectivity index (χ1) is 20.4. The van der Waals surface area contributed by atoms with Gasteiger partial charge in [0.05, 0.1) is 17.1 Å². The summed E-state index contributed by atoms with van der Waals surface area (Å²) in [5, 5.41) is 3.36. The highest BCUT2D eigenvalue weighted by Gasteiger charge is 2.21. The van der Waals surface area contributed by atoms with Crippen LogP contribution in [0.4, 0.5) is 15.6 Å². The van der Waals surface area contributed by atoms with Crippen LogP contribution >= 0.6 is 11.3 Å². The fourth-order valence-electron chi connectivity index (χ4n) is 4.82. The average molecular weight is 642 g/mol. The van der Waals surface area contributed by atoms with E-state index in [-0.39, 0.29) is 24.2 Å². The highest BCUT2D eigenvalue weighted by atomic mass is 32.2. The van der Waals surface area contributed by atoms with Gasteiger partial charge in [-0.25, -0.2) is 27.1 Å². The third kappa shape index (κ3) is 9.91. The molecule has 0 saturated carbocycles. The molecular formula is C31H37N4O5S3+. The van der Waals surface area contributed by atoms with E-state index in [1.807, 2.05) is 43.3 Å².